The predicted molar refractivity (Wildman–Crippen MR) is 46.1 cm³/mol. The molecule has 0 unspecified atom stereocenters. The van der Waals surface area contributed by atoms with Gasteiger partial charge in [-0.25, -0.2) is 0 Å². The lowest BCUT2D eigenvalue weighted by atomic mass is 9.97. The van der Waals surface area contributed by atoms with Crippen LogP contribution in [-0.4, -0.2) is 24.2 Å². The fourth-order valence-electron chi connectivity index (χ4n) is 1.45. The SMILES string of the molecule is COc1cc(C2CC(=O)OC(=O)C2)on1. The monoisotopic (exact) mass is 211 g/mol. The van der Waals surface area contributed by atoms with E-state index in [-0.39, 0.29) is 18.8 Å². The van der Waals surface area contributed by atoms with Crippen LogP contribution >= 0.6 is 0 Å². The Morgan fingerprint density at radius 2 is 2.07 bits per heavy atom. The largest absolute Gasteiger partial charge is 0.479 e. The molecule has 2 rings (SSSR count). The molecule has 0 bridgehead atoms. The Bertz CT molecular complexity index is 381. The third-order valence-electron chi connectivity index (χ3n) is 2.17. The van der Waals surface area contributed by atoms with Gasteiger partial charge in [0.15, 0.2) is 0 Å². The van der Waals surface area contributed by atoms with Crippen LogP contribution in [0.1, 0.15) is 24.5 Å². The molecular formula is C9H9NO5. The van der Waals surface area contributed by atoms with Crippen LogP contribution in [0.25, 0.3) is 0 Å². The molecule has 0 saturated carbocycles. The van der Waals surface area contributed by atoms with Crippen LogP contribution in [0.3, 0.4) is 0 Å². The van der Waals surface area contributed by atoms with E-state index in [9.17, 15) is 9.59 Å². The van der Waals surface area contributed by atoms with Crippen molar-refractivity contribution in [1.29, 1.82) is 0 Å². The average Bonchev–Trinajstić information content (AvgIpc) is 2.64. The number of cyclic esters (lactones) is 2. The van der Waals surface area contributed by atoms with E-state index in [1.54, 1.807) is 6.07 Å². The molecule has 0 radical (unpaired) electrons. The molecule has 80 valence electrons. The van der Waals surface area contributed by atoms with Gasteiger partial charge >= 0.3 is 11.9 Å². The zero-order valence-electron chi connectivity index (χ0n) is 8.06. The molecule has 0 aromatic carbocycles. The number of hydrogen-bond acceptors (Lipinski definition) is 6. The van der Waals surface area contributed by atoms with Crippen molar-refractivity contribution in [2.75, 3.05) is 7.11 Å². The Labute approximate surface area is 85.1 Å². The van der Waals surface area contributed by atoms with Crippen LogP contribution in [-0.2, 0) is 14.3 Å². The first-order valence-electron chi connectivity index (χ1n) is 4.43. The van der Waals surface area contributed by atoms with E-state index < -0.39 is 11.9 Å². The van der Waals surface area contributed by atoms with Gasteiger partial charge in [0.05, 0.1) is 20.0 Å². The third kappa shape index (κ3) is 1.98. The molecule has 1 aliphatic rings. The van der Waals surface area contributed by atoms with Gasteiger partial charge in [0.2, 0.25) is 0 Å². The highest BCUT2D eigenvalue weighted by Crippen LogP contribution is 2.29. The Morgan fingerprint density at radius 1 is 1.40 bits per heavy atom. The van der Waals surface area contributed by atoms with Crippen molar-refractivity contribution >= 4 is 11.9 Å². The summed E-state index contributed by atoms with van der Waals surface area (Å²) in [4.78, 5) is 22.0. The molecular weight excluding hydrogens is 202 g/mol. The third-order valence-corrected chi connectivity index (χ3v) is 2.17. The smallest absolute Gasteiger partial charge is 0.314 e. The maximum Gasteiger partial charge on any atom is 0.314 e. The van der Waals surface area contributed by atoms with E-state index in [0.717, 1.165) is 0 Å². The van der Waals surface area contributed by atoms with Gasteiger partial charge < -0.3 is 14.0 Å². The summed E-state index contributed by atoms with van der Waals surface area (Å²) >= 11 is 0. The van der Waals surface area contributed by atoms with E-state index in [0.29, 0.717) is 11.6 Å². The van der Waals surface area contributed by atoms with Gasteiger partial charge in [0.25, 0.3) is 5.88 Å². The number of carbonyl (C=O) groups excluding carboxylic acids is 2. The standard InChI is InChI=1S/C9H9NO5/c1-13-7-4-6(15-10-7)5-2-8(11)14-9(12)3-5/h4-5H,2-3H2,1H3. The fraction of sp³-hybridized carbons (Fsp3) is 0.444. The minimum Gasteiger partial charge on any atom is -0.479 e. The molecule has 15 heavy (non-hydrogen) atoms. The van der Waals surface area contributed by atoms with Crippen LogP contribution in [0.4, 0.5) is 0 Å². The second kappa shape index (κ2) is 3.72. The number of esters is 2. The van der Waals surface area contributed by atoms with Gasteiger partial charge in [-0.05, 0) is 5.16 Å². The Kier molecular flexibility index (Phi) is 2.40. The Morgan fingerprint density at radius 3 is 2.60 bits per heavy atom. The predicted octanol–water partition coefficient (Wildman–Crippen LogP) is 0.630. The van der Waals surface area contributed by atoms with Crippen molar-refractivity contribution in [1.82, 2.24) is 5.16 Å². The lowest BCUT2D eigenvalue weighted by molar-refractivity contribution is -0.164. The molecule has 1 aromatic heterocycles. The van der Waals surface area contributed by atoms with Gasteiger partial charge in [-0.2, -0.15) is 0 Å². The van der Waals surface area contributed by atoms with Gasteiger partial charge in [-0.1, -0.05) is 0 Å². The number of aromatic nitrogens is 1. The zero-order chi connectivity index (χ0) is 10.8. The first-order valence-corrected chi connectivity index (χ1v) is 4.43. The minimum absolute atomic E-state index is 0.129. The van der Waals surface area contributed by atoms with Gasteiger partial charge in [-0.15, -0.1) is 0 Å². The second-order valence-corrected chi connectivity index (χ2v) is 3.22. The number of carbonyl (C=O) groups is 2. The molecule has 1 fully saturated rings. The van der Waals surface area contributed by atoms with Crippen molar-refractivity contribution in [2.45, 2.75) is 18.8 Å². The molecule has 0 N–H and O–H groups in total. The summed E-state index contributed by atoms with van der Waals surface area (Å²) in [5.41, 5.74) is 0. The van der Waals surface area contributed by atoms with Crippen LogP contribution in [0.15, 0.2) is 10.6 Å². The van der Waals surface area contributed by atoms with E-state index in [1.807, 2.05) is 0 Å². The molecule has 1 aromatic rings. The van der Waals surface area contributed by atoms with Gasteiger partial charge in [0, 0.05) is 12.0 Å². The van der Waals surface area contributed by atoms with Crippen molar-refractivity contribution < 1.29 is 23.6 Å². The number of rotatable bonds is 2. The van der Waals surface area contributed by atoms with Crippen molar-refractivity contribution in [3.63, 3.8) is 0 Å². The number of hydrogen-bond donors (Lipinski definition) is 0. The normalized spacial score (nSPS) is 17.7. The molecule has 0 spiro atoms. The topological polar surface area (TPSA) is 78.6 Å². The van der Waals surface area contributed by atoms with Gasteiger partial charge in [0.1, 0.15) is 5.76 Å². The molecule has 1 saturated heterocycles. The highest BCUT2D eigenvalue weighted by Gasteiger charge is 2.31. The summed E-state index contributed by atoms with van der Waals surface area (Å²) in [7, 11) is 1.46. The van der Waals surface area contributed by atoms with Crippen molar-refractivity contribution in [3.8, 4) is 5.88 Å². The quantitative estimate of drug-likeness (QED) is 0.527. The minimum atomic E-state index is -0.536. The molecule has 2 heterocycles. The summed E-state index contributed by atoms with van der Waals surface area (Å²) in [6.45, 7) is 0. The molecule has 0 aliphatic carbocycles. The molecule has 1 aliphatic heterocycles. The molecule has 6 nitrogen and oxygen atoms in total. The Balaban J connectivity index is 2.15. The molecule has 0 amide bonds. The van der Waals surface area contributed by atoms with Crippen molar-refractivity contribution in [3.05, 3.63) is 11.8 Å². The highest BCUT2D eigenvalue weighted by atomic mass is 16.6. The van der Waals surface area contributed by atoms with Crippen LogP contribution in [0.5, 0.6) is 5.88 Å². The number of ether oxygens (including phenoxy) is 2. The second-order valence-electron chi connectivity index (χ2n) is 3.22. The van der Waals surface area contributed by atoms with Crippen LogP contribution in [0, 0.1) is 0 Å². The van der Waals surface area contributed by atoms with E-state index in [4.69, 9.17) is 9.26 Å². The van der Waals surface area contributed by atoms with E-state index in [1.165, 1.54) is 7.11 Å². The van der Waals surface area contributed by atoms with Crippen molar-refractivity contribution in [2.24, 2.45) is 0 Å². The van der Waals surface area contributed by atoms with Crippen LogP contribution < -0.4 is 4.74 Å². The number of nitrogens with zero attached hydrogens (tertiary/aromatic N) is 1. The van der Waals surface area contributed by atoms with Gasteiger partial charge in [-0.3, -0.25) is 9.59 Å². The number of methoxy groups -OCH3 is 1. The maximum atomic E-state index is 11.0. The molecule has 6 heteroatoms. The summed E-state index contributed by atoms with van der Waals surface area (Å²) in [5.74, 6) is -0.568. The summed E-state index contributed by atoms with van der Waals surface area (Å²) in [6, 6.07) is 1.57. The zero-order valence-corrected chi connectivity index (χ0v) is 8.06. The van der Waals surface area contributed by atoms with E-state index in [2.05, 4.69) is 9.89 Å². The summed E-state index contributed by atoms with van der Waals surface area (Å²) in [6.07, 6.45) is 0.258. The first kappa shape index (κ1) is 9.70. The van der Waals surface area contributed by atoms with Crippen LogP contribution in [0.2, 0.25) is 0 Å². The maximum absolute atomic E-state index is 11.0. The Hall–Kier alpha value is -1.85. The lowest BCUT2D eigenvalue weighted by Gasteiger charge is -2.16. The lowest BCUT2D eigenvalue weighted by Crippen LogP contribution is -2.23. The van der Waals surface area contributed by atoms with E-state index >= 15 is 0 Å². The highest BCUT2D eigenvalue weighted by molar-refractivity contribution is 5.89. The first-order chi connectivity index (χ1) is 7.19. The average molecular weight is 211 g/mol. The summed E-state index contributed by atoms with van der Waals surface area (Å²) in [5, 5.41) is 3.60. The fourth-order valence-corrected chi connectivity index (χ4v) is 1.45. The molecule has 0 atom stereocenters. The summed E-state index contributed by atoms with van der Waals surface area (Å²) < 4.78 is 14.2.